The number of carbonyl (C=O) groups excluding carboxylic acids is 1. The summed E-state index contributed by atoms with van der Waals surface area (Å²) in [5.74, 6) is -0.388. The van der Waals surface area contributed by atoms with Crippen LogP contribution in [0.2, 0.25) is 5.02 Å². The normalized spacial score (nSPS) is 14.1. The molecule has 1 aromatic rings. The van der Waals surface area contributed by atoms with Gasteiger partial charge in [0.25, 0.3) is 5.91 Å². The van der Waals surface area contributed by atoms with E-state index in [0.29, 0.717) is 16.3 Å². The van der Waals surface area contributed by atoms with Crippen molar-refractivity contribution in [3.63, 3.8) is 0 Å². The summed E-state index contributed by atoms with van der Waals surface area (Å²) in [5, 5.41) is 21.1. The first-order chi connectivity index (χ1) is 7.85. The van der Waals surface area contributed by atoms with Gasteiger partial charge in [-0.1, -0.05) is 11.6 Å². The maximum absolute atomic E-state index is 11.7. The van der Waals surface area contributed by atoms with Gasteiger partial charge < -0.3 is 21.3 Å². The fraction of sp³-hybridized carbons (Fsp3) is 0.364. The molecule has 1 amide bonds. The molecule has 0 radical (unpaired) electrons. The van der Waals surface area contributed by atoms with Gasteiger partial charge in [-0.3, -0.25) is 4.79 Å². The van der Waals surface area contributed by atoms with E-state index < -0.39 is 12.2 Å². The Balaban J connectivity index is 2.68. The van der Waals surface area contributed by atoms with Crippen molar-refractivity contribution in [1.82, 2.24) is 5.32 Å². The van der Waals surface area contributed by atoms with Crippen LogP contribution in [0.15, 0.2) is 18.2 Å². The second-order valence-electron chi connectivity index (χ2n) is 4.07. The third-order valence-electron chi connectivity index (χ3n) is 2.23. The zero-order valence-corrected chi connectivity index (χ0v) is 10.2. The fourth-order valence-electron chi connectivity index (χ4n) is 1.10. The number of benzene rings is 1. The zero-order valence-electron chi connectivity index (χ0n) is 9.40. The van der Waals surface area contributed by atoms with Crippen LogP contribution in [0.5, 0.6) is 0 Å². The number of rotatable bonds is 4. The van der Waals surface area contributed by atoms with Gasteiger partial charge in [0.2, 0.25) is 0 Å². The molecule has 0 aromatic heterocycles. The SMILES string of the molecule is CC(O)(CO)CNC(=O)c1ccc(N)c(Cl)c1. The van der Waals surface area contributed by atoms with Gasteiger partial charge in [0.05, 0.1) is 17.3 Å². The summed E-state index contributed by atoms with van der Waals surface area (Å²) in [6.45, 7) is 0.934. The van der Waals surface area contributed by atoms with Crippen LogP contribution in [-0.4, -0.2) is 34.9 Å². The van der Waals surface area contributed by atoms with Gasteiger partial charge in [0.15, 0.2) is 0 Å². The Kier molecular flexibility index (Phi) is 4.34. The van der Waals surface area contributed by atoms with Crippen LogP contribution in [0.3, 0.4) is 0 Å². The molecule has 94 valence electrons. The number of nitrogens with two attached hydrogens (primary N) is 1. The first-order valence-electron chi connectivity index (χ1n) is 5.02. The predicted molar refractivity (Wildman–Crippen MR) is 65.9 cm³/mol. The number of aliphatic hydroxyl groups excluding tert-OH is 1. The van der Waals surface area contributed by atoms with Gasteiger partial charge >= 0.3 is 0 Å². The minimum Gasteiger partial charge on any atom is -0.398 e. The van der Waals surface area contributed by atoms with Gasteiger partial charge in [-0.15, -0.1) is 0 Å². The third-order valence-corrected chi connectivity index (χ3v) is 2.56. The van der Waals surface area contributed by atoms with Crippen molar-refractivity contribution < 1.29 is 15.0 Å². The van der Waals surface area contributed by atoms with E-state index in [0.717, 1.165) is 0 Å². The van der Waals surface area contributed by atoms with E-state index in [9.17, 15) is 9.90 Å². The van der Waals surface area contributed by atoms with Gasteiger partial charge in [-0.2, -0.15) is 0 Å². The van der Waals surface area contributed by atoms with E-state index in [-0.39, 0.29) is 12.5 Å². The summed E-state index contributed by atoms with van der Waals surface area (Å²) in [6, 6.07) is 4.51. The largest absolute Gasteiger partial charge is 0.398 e. The molecule has 0 saturated carbocycles. The van der Waals surface area contributed by atoms with Gasteiger partial charge in [0, 0.05) is 12.1 Å². The molecule has 1 atom stereocenters. The number of carbonyl (C=O) groups is 1. The Bertz CT molecular complexity index is 421. The number of nitrogens with one attached hydrogen (secondary N) is 1. The van der Waals surface area contributed by atoms with E-state index in [2.05, 4.69) is 5.32 Å². The Morgan fingerprint density at radius 3 is 2.76 bits per heavy atom. The molecule has 5 nitrogen and oxygen atoms in total. The lowest BCUT2D eigenvalue weighted by Crippen LogP contribution is -2.43. The molecule has 6 heteroatoms. The number of aliphatic hydroxyl groups is 2. The van der Waals surface area contributed by atoms with E-state index in [4.69, 9.17) is 22.4 Å². The molecular weight excluding hydrogens is 244 g/mol. The van der Waals surface area contributed by atoms with Crippen molar-refractivity contribution in [2.24, 2.45) is 0 Å². The van der Waals surface area contributed by atoms with E-state index >= 15 is 0 Å². The highest BCUT2D eigenvalue weighted by Gasteiger charge is 2.20. The summed E-state index contributed by atoms with van der Waals surface area (Å²) in [6.07, 6.45) is 0. The molecule has 5 N–H and O–H groups in total. The molecule has 0 bridgehead atoms. The van der Waals surface area contributed by atoms with Gasteiger partial charge in [0.1, 0.15) is 5.60 Å². The molecule has 0 saturated heterocycles. The molecule has 0 aliphatic carbocycles. The molecular formula is C11H15ClN2O3. The number of anilines is 1. The molecule has 0 spiro atoms. The lowest BCUT2D eigenvalue weighted by molar-refractivity contribution is 0.00320. The van der Waals surface area contributed by atoms with Crippen molar-refractivity contribution >= 4 is 23.2 Å². The lowest BCUT2D eigenvalue weighted by Gasteiger charge is -2.20. The Labute approximate surface area is 104 Å². The fourth-order valence-corrected chi connectivity index (χ4v) is 1.28. The highest BCUT2D eigenvalue weighted by Crippen LogP contribution is 2.19. The summed E-state index contributed by atoms with van der Waals surface area (Å²) in [7, 11) is 0. The van der Waals surface area contributed by atoms with Crippen molar-refractivity contribution in [2.45, 2.75) is 12.5 Å². The molecule has 1 unspecified atom stereocenters. The van der Waals surface area contributed by atoms with Crippen LogP contribution in [0.25, 0.3) is 0 Å². The van der Waals surface area contributed by atoms with Crippen molar-refractivity contribution in [2.75, 3.05) is 18.9 Å². The molecule has 0 heterocycles. The predicted octanol–water partition coefficient (Wildman–Crippen LogP) is 0.395. The Morgan fingerprint density at radius 2 is 2.24 bits per heavy atom. The van der Waals surface area contributed by atoms with E-state index in [1.54, 1.807) is 0 Å². The van der Waals surface area contributed by atoms with Crippen molar-refractivity contribution in [3.05, 3.63) is 28.8 Å². The third kappa shape index (κ3) is 3.89. The van der Waals surface area contributed by atoms with E-state index in [1.165, 1.54) is 25.1 Å². The maximum Gasteiger partial charge on any atom is 0.251 e. The van der Waals surface area contributed by atoms with Gasteiger partial charge in [-0.25, -0.2) is 0 Å². The molecule has 0 fully saturated rings. The topological polar surface area (TPSA) is 95.6 Å². The van der Waals surface area contributed by atoms with Gasteiger partial charge in [-0.05, 0) is 25.1 Å². The second kappa shape index (κ2) is 5.35. The van der Waals surface area contributed by atoms with E-state index in [1.807, 2.05) is 0 Å². The first-order valence-corrected chi connectivity index (χ1v) is 5.40. The smallest absolute Gasteiger partial charge is 0.251 e. The average Bonchev–Trinajstić information content (AvgIpc) is 2.30. The summed E-state index contributed by atoms with van der Waals surface area (Å²) in [5.41, 5.74) is 4.92. The van der Waals surface area contributed by atoms with Crippen LogP contribution in [-0.2, 0) is 0 Å². The molecule has 0 aliphatic heterocycles. The molecule has 0 aliphatic rings. The number of hydrogen-bond acceptors (Lipinski definition) is 4. The first kappa shape index (κ1) is 13.8. The molecule has 17 heavy (non-hydrogen) atoms. The lowest BCUT2D eigenvalue weighted by atomic mass is 10.1. The quantitative estimate of drug-likeness (QED) is 0.588. The average molecular weight is 259 g/mol. The number of nitrogen functional groups attached to an aromatic ring is 1. The molecule has 1 aromatic carbocycles. The zero-order chi connectivity index (χ0) is 13.1. The number of halogens is 1. The number of hydrogen-bond donors (Lipinski definition) is 4. The van der Waals surface area contributed by atoms with Crippen LogP contribution in [0.4, 0.5) is 5.69 Å². The highest BCUT2D eigenvalue weighted by molar-refractivity contribution is 6.33. The number of amides is 1. The molecule has 1 rings (SSSR count). The Hall–Kier alpha value is -1.30. The summed E-state index contributed by atoms with van der Waals surface area (Å²) in [4.78, 5) is 11.7. The standard InChI is InChI=1S/C11H15ClN2O3/c1-11(17,6-15)5-14-10(16)7-2-3-9(13)8(12)4-7/h2-4,15,17H,5-6,13H2,1H3,(H,14,16). The summed E-state index contributed by atoms with van der Waals surface area (Å²) < 4.78 is 0. The van der Waals surface area contributed by atoms with Crippen LogP contribution >= 0.6 is 11.6 Å². The summed E-state index contributed by atoms with van der Waals surface area (Å²) >= 11 is 5.78. The minimum atomic E-state index is -1.34. The maximum atomic E-state index is 11.7. The Morgan fingerprint density at radius 1 is 1.59 bits per heavy atom. The minimum absolute atomic E-state index is 0.0513. The van der Waals surface area contributed by atoms with Crippen molar-refractivity contribution in [1.29, 1.82) is 0 Å². The second-order valence-corrected chi connectivity index (χ2v) is 4.48. The van der Waals surface area contributed by atoms with Crippen molar-refractivity contribution in [3.8, 4) is 0 Å². The monoisotopic (exact) mass is 258 g/mol. The highest BCUT2D eigenvalue weighted by atomic mass is 35.5. The van der Waals surface area contributed by atoms with Crippen LogP contribution in [0, 0.1) is 0 Å². The van der Waals surface area contributed by atoms with Crippen LogP contribution in [0.1, 0.15) is 17.3 Å². The van der Waals surface area contributed by atoms with Crippen LogP contribution < -0.4 is 11.1 Å².